The summed E-state index contributed by atoms with van der Waals surface area (Å²) >= 11 is 0. The van der Waals surface area contributed by atoms with Crippen LogP contribution in [0.2, 0.25) is 0 Å². The first kappa shape index (κ1) is 12.0. The first-order chi connectivity index (χ1) is 8.16. The van der Waals surface area contributed by atoms with Crippen molar-refractivity contribution in [2.75, 3.05) is 6.54 Å². The van der Waals surface area contributed by atoms with Crippen LogP contribution in [0.5, 0.6) is 0 Å². The third-order valence-corrected chi connectivity index (χ3v) is 3.25. The Morgan fingerprint density at radius 3 is 3.00 bits per heavy atom. The Morgan fingerprint density at radius 2 is 2.47 bits per heavy atom. The summed E-state index contributed by atoms with van der Waals surface area (Å²) in [6.45, 7) is 4.97. The van der Waals surface area contributed by atoms with Crippen LogP contribution in [0, 0.1) is 6.92 Å². The highest BCUT2D eigenvalue weighted by atomic mass is 16.5. The van der Waals surface area contributed by atoms with Crippen molar-refractivity contribution >= 4 is 5.91 Å². The monoisotopic (exact) mass is 238 g/mol. The summed E-state index contributed by atoms with van der Waals surface area (Å²) in [5, 5.41) is 9.81. The van der Waals surface area contributed by atoms with E-state index in [0.29, 0.717) is 18.3 Å². The maximum atomic E-state index is 12.1. The number of hydrogen-bond donors (Lipinski definition) is 2. The molecule has 6 heteroatoms. The van der Waals surface area contributed by atoms with E-state index < -0.39 is 5.54 Å². The van der Waals surface area contributed by atoms with E-state index in [1.165, 1.54) is 0 Å². The number of rotatable bonds is 4. The molecule has 0 aromatic carbocycles. The highest BCUT2D eigenvalue weighted by Gasteiger charge is 2.38. The van der Waals surface area contributed by atoms with E-state index in [2.05, 4.69) is 20.8 Å². The molecule has 2 N–H and O–H groups in total. The van der Waals surface area contributed by atoms with Crippen molar-refractivity contribution in [2.24, 2.45) is 0 Å². The lowest BCUT2D eigenvalue weighted by Crippen LogP contribution is -2.52. The summed E-state index contributed by atoms with van der Waals surface area (Å²) in [6, 6.07) is 0. The maximum Gasteiger partial charge on any atom is 0.246 e. The third kappa shape index (κ3) is 2.46. The average Bonchev–Trinajstić information content (AvgIpc) is 2.95. The van der Waals surface area contributed by atoms with Crippen molar-refractivity contribution in [3.05, 3.63) is 11.7 Å². The van der Waals surface area contributed by atoms with E-state index in [1.54, 1.807) is 6.92 Å². The Labute approximate surface area is 100 Å². The van der Waals surface area contributed by atoms with E-state index in [-0.39, 0.29) is 5.91 Å². The molecule has 1 aliphatic rings. The van der Waals surface area contributed by atoms with Gasteiger partial charge in [0.2, 0.25) is 11.8 Å². The van der Waals surface area contributed by atoms with Crippen LogP contribution >= 0.6 is 0 Å². The molecule has 1 saturated heterocycles. The number of amides is 1. The first-order valence-electron chi connectivity index (χ1n) is 5.99. The maximum absolute atomic E-state index is 12.1. The fourth-order valence-corrected chi connectivity index (χ4v) is 2.20. The second kappa shape index (κ2) is 4.83. The minimum Gasteiger partial charge on any atom is -0.345 e. The fraction of sp³-hybridized carbons (Fsp3) is 0.727. The molecular formula is C11H18N4O2. The van der Waals surface area contributed by atoms with Crippen LogP contribution < -0.4 is 10.6 Å². The number of aryl methyl sites for hydroxylation is 1. The average molecular weight is 238 g/mol. The van der Waals surface area contributed by atoms with Crippen molar-refractivity contribution < 1.29 is 9.32 Å². The largest absolute Gasteiger partial charge is 0.345 e. The molecule has 0 radical (unpaired) electrons. The highest BCUT2D eigenvalue weighted by molar-refractivity contribution is 5.86. The van der Waals surface area contributed by atoms with E-state index in [9.17, 15) is 4.79 Å². The lowest BCUT2D eigenvalue weighted by atomic mass is 9.93. The van der Waals surface area contributed by atoms with Gasteiger partial charge in [0.05, 0.1) is 12.1 Å². The van der Waals surface area contributed by atoms with Crippen molar-refractivity contribution in [3.63, 3.8) is 0 Å². The lowest BCUT2D eigenvalue weighted by Gasteiger charge is -2.26. The second-order valence-corrected chi connectivity index (χ2v) is 4.38. The minimum absolute atomic E-state index is 0.0216. The standard InChI is InChI=1S/C11H18N4O2/c1-3-11(5-4-6-13-11)10(16)12-7-9-14-8(2)15-17-9/h13H,3-7H2,1-2H3,(H,12,16). The molecule has 6 nitrogen and oxygen atoms in total. The van der Waals surface area contributed by atoms with Gasteiger partial charge in [0.1, 0.15) is 0 Å². The van der Waals surface area contributed by atoms with Crippen molar-refractivity contribution in [1.29, 1.82) is 0 Å². The van der Waals surface area contributed by atoms with Crippen LogP contribution in [0.1, 0.15) is 37.9 Å². The molecule has 1 amide bonds. The van der Waals surface area contributed by atoms with Gasteiger partial charge in [-0.05, 0) is 32.7 Å². The van der Waals surface area contributed by atoms with Gasteiger partial charge in [-0.3, -0.25) is 4.79 Å². The van der Waals surface area contributed by atoms with Crippen LogP contribution in [0.25, 0.3) is 0 Å². The smallest absolute Gasteiger partial charge is 0.246 e. The van der Waals surface area contributed by atoms with Gasteiger partial charge in [0.25, 0.3) is 0 Å². The normalized spacial score (nSPS) is 23.9. The molecule has 17 heavy (non-hydrogen) atoms. The summed E-state index contributed by atoms with van der Waals surface area (Å²) < 4.78 is 4.95. The van der Waals surface area contributed by atoms with Crippen LogP contribution in [0.15, 0.2) is 4.52 Å². The van der Waals surface area contributed by atoms with Crippen LogP contribution in [0.3, 0.4) is 0 Å². The molecule has 0 aliphatic carbocycles. The Bertz CT molecular complexity index is 396. The van der Waals surface area contributed by atoms with Crippen molar-refractivity contribution in [1.82, 2.24) is 20.8 Å². The van der Waals surface area contributed by atoms with Gasteiger partial charge in [-0.15, -0.1) is 0 Å². The van der Waals surface area contributed by atoms with Gasteiger partial charge in [-0.1, -0.05) is 12.1 Å². The Balaban J connectivity index is 1.92. The van der Waals surface area contributed by atoms with E-state index in [4.69, 9.17) is 4.52 Å². The first-order valence-corrected chi connectivity index (χ1v) is 5.99. The van der Waals surface area contributed by atoms with Crippen molar-refractivity contribution in [2.45, 2.75) is 45.2 Å². The predicted molar refractivity (Wildman–Crippen MR) is 61.1 cm³/mol. The number of nitrogens with one attached hydrogen (secondary N) is 2. The molecule has 1 aliphatic heterocycles. The number of carbonyl (C=O) groups is 1. The lowest BCUT2D eigenvalue weighted by molar-refractivity contribution is -0.127. The van der Waals surface area contributed by atoms with Gasteiger partial charge in [-0.2, -0.15) is 4.98 Å². The summed E-state index contributed by atoms with van der Waals surface area (Å²) in [6.07, 6.45) is 2.72. The molecule has 1 aromatic heterocycles. The molecule has 2 heterocycles. The van der Waals surface area contributed by atoms with Gasteiger partial charge in [-0.25, -0.2) is 0 Å². The molecule has 0 bridgehead atoms. The SMILES string of the molecule is CCC1(C(=O)NCc2nc(C)no2)CCCN1. The summed E-state index contributed by atoms with van der Waals surface area (Å²) in [7, 11) is 0. The van der Waals surface area contributed by atoms with Crippen LogP contribution in [-0.2, 0) is 11.3 Å². The Hall–Kier alpha value is -1.43. The van der Waals surface area contributed by atoms with Crippen LogP contribution in [-0.4, -0.2) is 28.1 Å². The molecule has 0 saturated carbocycles. The molecule has 1 atom stereocenters. The zero-order chi connectivity index (χ0) is 12.3. The Morgan fingerprint density at radius 1 is 1.65 bits per heavy atom. The molecule has 1 fully saturated rings. The molecule has 0 spiro atoms. The Kier molecular flexibility index (Phi) is 3.42. The van der Waals surface area contributed by atoms with Gasteiger partial charge >= 0.3 is 0 Å². The van der Waals surface area contributed by atoms with Gasteiger partial charge < -0.3 is 15.2 Å². The zero-order valence-corrected chi connectivity index (χ0v) is 10.2. The summed E-state index contributed by atoms with van der Waals surface area (Å²) in [5.74, 6) is 1.05. The van der Waals surface area contributed by atoms with Crippen molar-refractivity contribution in [3.8, 4) is 0 Å². The molecule has 1 aromatic rings. The van der Waals surface area contributed by atoms with Gasteiger partial charge in [0, 0.05) is 0 Å². The topological polar surface area (TPSA) is 80.1 Å². The van der Waals surface area contributed by atoms with E-state index in [0.717, 1.165) is 25.8 Å². The van der Waals surface area contributed by atoms with Crippen LogP contribution in [0.4, 0.5) is 0 Å². The minimum atomic E-state index is -0.408. The number of hydrogen-bond acceptors (Lipinski definition) is 5. The molecule has 1 unspecified atom stereocenters. The highest BCUT2D eigenvalue weighted by Crippen LogP contribution is 2.23. The van der Waals surface area contributed by atoms with E-state index in [1.807, 2.05) is 6.92 Å². The molecule has 94 valence electrons. The quantitative estimate of drug-likeness (QED) is 0.799. The third-order valence-electron chi connectivity index (χ3n) is 3.25. The van der Waals surface area contributed by atoms with E-state index >= 15 is 0 Å². The summed E-state index contributed by atoms with van der Waals surface area (Å²) in [5.41, 5.74) is -0.408. The number of aromatic nitrogens is 2. The predicted octanol–water partition coefficient (Wildman–Crippen LogP) is 0.526. The number of nitrogens with zero attached hydrogens (tertiary/aromatic N) is 2. The molecular weight excluding hydrogens is 220 g/mol. The fourth-order valence-electron chi connectivity index (χ4n) is 2.20. The number of carbonyl (C=O) groups excluding carboxylic acids is 1. The van der Waals surface area contributed by atoms with Gasteiger partial charge in [0.15, 0.2) is 5.82 Å². The summed E-state index contributed by atoms with van der Waals surface area (Å²) in [4.78, 5) is 16.2. The molecule has 2 rings (SSSR count). The second-order valence-electron chi connectivity index (χ2n) is 4.38. The zero-order valence-electron chi connectivity index (χ0n) is 10.2.